The maximum absolute atomic E-state index is 11.0. The zero-order valence-corrected chi connectivity index (χ0v) is 13.1. The van der Waals surface area contributed by atoms with Crippen molar-refractivity contribution in [3.8, 4) is 0 Å². The van der Waals surface area contributed by atoms with E-state index < -0.39 is 0 Å². The van der Waals surface area contributed by atoms with E-state index in [2.05, 4.69) is 12.2 Å². The lowest BCUT2D eigenvalue weighted by Gasteiger charge is -2.32. The van der Waals surface area contributed by atoms with Crippen molar-refractivity contribution < 1.29 is 9.53 Å². The summed E-state index contributed by atoms with van der Waals surface area (Å²) >= 11 is 0. The van der Waals surface area contributed by atoms with E-state index in [0.717, 1.165) is 68.7 Å². The van der Waals surface area contributed by atoms with Crippen LogP contribution >= 0.6 is 0 Å². The highest BCUT2D eigenvalue weighted by atomic mass is 16.5. The molecular weight excluding hydrogens is 262 g/mol. The Morgan fingerprint density at radius 3 is 2.90 bits per heavy atom. The normalized spacial score (nSPS) is 28.7. The van der Waals surface area contributed by atoms with Gasteiger partial charge in [0.2, 0.25) is 0 Å². The van der Waals surface area contributed by atoms with Gasteiger partial charge in [0.15, 0.2) is 0 Å². The third kappa shape index (κ3) is 3.23. The van der Waals surface area contributed by atoms with Crippen LogP contribution < -0.4 is 5.32 Å². The first-order valence-electron chi connectivity index (χ1n) is 8.55. The topological polar surface area (TPSA) is 38.3 Å². The van der Waals surface area contributed by atoms with E-state index in [1.54, 1.807) is 0 Å². The molecule has 1 N–H and O–H groups in total. The standard InChI is InChI=1S/C18H27NO2/c1-2-8-18(9-10-19-16-4-3-5-16)12-15-7-6-14(13-20)11-17(15)21-18/h11,13,16,19H,2-10,12H2,1H3. The summed E-state index contributed by atoms with van der Waals surface area (Å²) in [5.41, 5.74) is 2.29. The van der Waals surface area contributed by atoms with Crippen LogP contribution in [0.2, 0.25) is 0 Å². The second-order valence-corrected chi connectivity index (χ2v) is 6.85. The highest BCUT2D eigenvalue weighted by molar-refractivity contribution is 5.75. The first-order valence-corrected chi connectivity index (χ1v) is 8.55. The molecule has 3 heteroatoms. The highest BCUT2D eigenvalue weighted by Gasteiger charge is 2.40. The molecule has 1 unspecified atom stereocenters. The Morgan fingerprint density at radius 1 is 1.38 bits per heavy atom. The average molecular weight is 289 g/mol. The van der Waals surface area contributed by atoms with E-state index in [-0.39, 0.29) is 5.60 Å². The van der Waals surface area contributed by atoms with Crippen LogP contribution in [0.25, 0.3) is 0 Å². The molecule has 1 aliphatic heterocycles. The fourth-order valence-electron chi connectivity index (χ4n) is 3.77. The molecular formula is C18H27NO2. The maximum Gasteiger partial charge on any atom is 0.146 e. The summed E-state index contributed by atoms with van der Waals surface area (Å²) in [6.07, 6.45) is 13.3. The van der Waals surface area contributed by atoms with Crippen molar-refractivity contribution in [1.29, 1.82) is 0 Å². The third-order valence-electron chi connectivity index (χ3n) is 5.22. The summed E-state index contributed by atoms with van der Waals surface area (Å²) in [7, 11) is 0. The Labute approximate surface area is 127 Å². The van der Waals surface area contributed by atoms with Gasteiger partial charge in [-0.3, -0.25) is 4.79 Å². The molecule has 3 aliphatic rings. The monoisotopic (exact) mass is 289 g/mol. The first-order chi connectivity index (χ1) is 10.2. The van der Waals surface area contributed by atoms with Gasteiger partial charge < -0.3 is 10.1 Å². The molecule has 21 heavy (non-hydrogen) atoms. The molecule has 0 amide bonds. The first kappa shape index (κ1) is 14.8. The van der Waals surface area contributed by atoms with Crippen molar-refractivity contribution in [3.63, 3.8) is 0 Å². The van der Waals surface area contributed by atoms with E-state index in [9.17, 15) is 4.79 Å². The van der Waals surface area contributed by atoms with E-state index in [1.165, 1.54) is 24.8 Å². The second kappa shape index (κ2) is 6.35. The molecule has 0 aromatic heterocycles. The Kier molecular flexibility index (Phi) is 4.48. The van der Waals surface area contributed by atoms with Crippen LogP contribution in [-0.4, -0.2) is 24.5 Å². The molecule has 0 aromatic carbocycles. The molecule has 0 bridgehead atoms. The Balaban J connectivity index is 1.60. The molecule has 0 radical (unpaired) electrons. The molecule has 1 heterocycles. The van der Waals surface area contributed by atoms with Crippen LogP contribution in [-0.2, 0) is 9.53 Å². The Hall–Kier alpha value is -1.09. The number of carbonyl (C=O) groups excluding carboxylic acids is 1. The van der Waals surface area contributed by atoms with Crippen molar-refractivity contribution in [2.45, 2.75) is 76.4 Å². The lowest BCUT2D eigenvalue weighted by atomic mass is 9.85. The van der Waals surface area contributed by atoms with Crippen molar-refractivity contribution in [3.05, 3.63) is 23.0 Å². The summed E-state index contributed by atoms with van der Waals surface area (Å²) in [5.74, 6) is 1.00. The van der Waals surface area contributed by atoms with Gasteiger partial charge in [-0.15, -0.1) is 0 Å². The van der Waals surface area contributed by atoms with Crippen molar-refractivity contribution in [2.24, 2.45) is 0 Å². The van der Waals surface area contributed by atoms with Crippen LogP contribution in [0, 0.1) is 0 Å². The van der Waals surface area contributed by atoms with Gasteiger partial charge in [-0.2, -0.15) is 0 Å². The fourth-order valence-corrected chi connectivity index (χ4v) is 3.77. The quantitative estimate of drug-likeness (QED) is 0.727. The number of ether oxygens (including phenoxy) is 1. The lowest BCUT2D eigenvalue weighted by molar-refractivity contribution is -0.105. The molecule has 116 valence electrons. The minimum absolute atomic E-state index is 0.0228. The van der Waals surface area contributed by atoms with Gasteiger partial charge in [0.25, 0.3) is 0 Å². The predicted molar refractivity (Wildman–Crippen MR) is 84.0 cm³/mol. The molecule has 3 nitrogen and oxygen atoms in total. The van der Waals surface area contributed by atoms with Gasteiger partial charge in [-0.1, -0.05) is 19.8 Å². The van der Waals surface area contributed by atoms with E-state index in [1.807, 2.05) is 6.08 Å². The van der Waals surface area contributed by atoms with Crippen LogP contribution in [0.4, 0.5) is 0 Å². The highest BCUT2D eigenvalue weighted by Crippen LogP contribution is 2.44. The van der Waals surface area contributed by atoms with Crippen LogP contribution in [0.5, 0.6) is 0 Å². The number of rotatable bonds is 7. The third-order valence-corrected chi connectivity index (χ3v) is 5.22. The van der Waals surface area contributed by atoms with Crippen molar-refractivity contribution >= 4 is 6.29 Å². The summed E-state index contributed by atoms with van der Waals surface area (Å²) in [6.45, 7) is 3.28. The SMILES string of the molecule is CCCC1(CCNC2CCC2)CC2=C(C=C(C=O)CC2)O1. The largest absolute Gasteiger partial charge is 0.487 e. The molecule has 0 saturated heterocycles. The average Bonchev–Trinajstić information content (AvgIpc) is 2.79. The minimum atomic E-state index is -0.0228. The fraction of sp³-hybridized carbons (Fsp3) is 0.722. The zero-order valence-electron chi connectivity index (χ0n) is 13.1. The summed E-state index contributed by atoms with van der Waals surface area (Å²) < 4.78 is 6.36. The predicted octanol–water partition coefficient (Wildman–Crippen LogP) is 3.65. The van der Waals surface area contributed by atoms with E-state index in [0.29, 0.717) is 0 Å². The van der Waals surface area contributed by atoms with Crippen molar-refractivity contribution in [1.82, 2.24) is 5.32 Å². The molecule has 2 aliphatic carbocycles. The minimum Gasteiger partial charge on any atom is -0.487 e. The van der Waals surface area contributed by atoms with Crippen LogP contribution in [0.1, 0.15) is 64.7 Å². The van der Waals surface area contributed by atoms with Gasteiger partial charge >= 0.3 is 0 Å². The number of hydrogen-bond acceptors (Lipinski definition) is 3. The number of aldehydes is 1. The molecule has 1 atom stereocenters. The summed E-state index contributed by atoms with van der Waals surface area (Å²) in [6, 6.07) is 0.745. The van der Waals surface area contributed by atoms with Gasteiger partial charge in [0, 0.05) is 12.5 Å². The van der Waals surface area contributed by atoms with Gasteiger partial charge in [0.05, 0.1) is 0 Å². The smallest absolute Gasteiger partial charge is 0.146 e. The lowest BCUT2D eigenvalue weighted by Crippen LogP contribution is -2.40. The number of carbonyl (C=O) groups is 1. The summed E-state index contributed by atoms with van der Waals surface area (Å²) in [4.78, 5) is 11.0. The second-order valence-electron chi connectivity index (χ2n) is 6.85. The number of allylic oxidation sites excluding steroid dienone is 2. The van der Waals surface area contributed by atoms with Crippen LogP contribution in [0.15, 0.2) is 23.0 Å². The van der Waals surface area contributed by atoms with E-state index in [4.69, 9.17) is 4.74 Å². The molecule has 1 saturated carbocycles. The molecule has 1 fully saturated rings. The van der Waals surface area contributed by atoms with Gasteiger partial charge in [-0.25, -0.2) is 0 Å². The zero-order chi connectivity index (χ0) is 14.7. The van der Waals surface area contributed by atoms with Crippen molar-refractivity contribution in [2.75, 3.05) is 6.54 Å². The Bertz CT molecular complexity index is 462. The van der Waals surface area contributed by atoms with Gasteiger partial charge in [0.1, 0.15) is 17.6 Å². The van der Waals surface area contributed by atoms with E-state index >= 15 is 0 Å². The number of nitrogens with one attached hydrogen (secondary N) is 1. The molecule has 0 spiro atoms. The van der Waals surface area contributed by atoms with Gasteiger partial charge in [-0.05, 0) is 62.3 Å². The maximum atomic E-state index is 11.0. The molecule has 0 aromatic rings. The van der Waals surface area contributed by atoms with Crippen LogP contribution in [0.3, 0.4) is 0 Å². The molecule has 3 rings (SSSR count). The summed E-state index contributed by atoms with van der Waals surface area (Å²) in [5, 5.41) is 3.66. The number of hydrogen-bond donors (Lipinski definition) is 1. The Morgan fingerprint density at radius 2 is 2.24 bits per heavy atom.